The van der Waals surface area contributed by atoms with Gasteiger partial charge in [0.05, 0.1) is 23.9 Å². The maximum absolute atomic E-state index is 12.7. The van der Waals surface area contributed by atoms with Gasteiger partial charge in [0.1, 0.15) is 19.0 Å². The van der Waals surface area contributed by atoms with Crippen molar-refractivity contribution in [2.75, 3.05) is 13.2 Å². The van der Waals surface area contributed by atoms with Gasteiger partial charge in [-0.15, -0.1) is 0 Å². The van der Waals surface area contributed by atoms with Crippen LogP contribution in [0.15, 0.2) is 59.2 Å². The van der Waals surface area contributed by atoms with Crippen LogP contribution in [0.5, 0.6) is 11.5 Å². The Bertz CT molecular complexity index is 1180. The van der Waals surface area contributed by atoms with E-state index in [4.69, 9.17) is 13.9 Å². The second-order valence-corrected chi connectivity index (χ2v) is 7.16. The molecule has 156 valence electrons. The molecule has 0 bridgehead atoms. The minimum absolute atomic E-state index is 0.0437. The number of amides is 3. The lowest BCUT2D eigenvalue weighted by Crippen LogP contribution is -2.28. The molecule has 0 fully saturated rings. The average molecular weight is 418 g/mol. The molecule has 0 saturated heterocycles. The average Bonchev–Trinajstić information content (AvgIpc) is 3.40. The molecule has 8 nitrogen and oxygen atoms in total. The van der Waals surface area contributed by atoms with E-state index in [2.05, 4.69) is 5.32 Å². The third-order valence-electron chi connectivity index (χ3n) is 5.21. The van der Waals surface area contributed by atoms with Crippen molar-refractivity contribution in [3.05, 3.63) is 82.8 Å². The highest BCUT2D eigenvalue weighted by atomic mass is 16.6. The van der Waals surface area contributed by atoms with Gasteiger partial charge in [-0.25, -0.2) is 0 Å². The summed E-state index contributed by atoms with van der Waals surface area (Å²) in [6.07, 6.45) is 1.48. The van der Waals surface area contributed by atoms with Gasteiger partial charge in [0.15, 0.2) is 11.5 Å². The minimum atomic E-state index is -0.450. The number of imide groups is 1. The third-order valence-corrected chi connectivity index (χ3v) is 5.21. The van der Waals surface area contributed by atoms with Crippen LogP contribution in [0.1, 0.15) is 42.4 Å². The van der Waals surface area contributed by atoms with Crippen molar-refractivity contribution < 1.29 is 28.3 Å². The highest BCUT2D eigenvalue weighted by Crippen LogP contribution is 2.33. The summed E-state index contributed by atoms with van der Waals surface area (Å²) in [4.78, 5) is 39.2. The molecule has 0 radical (unpaired) electrons. The van der Waals surface area contributed by atoms with Crippen molar-refractivity contribution in [3.8, 4) is 11.5 Å². The minimum Gasteiger partial charge on any atom is -0.486 e. The van der Waals surface area contributed by atoms with Gasteiger partial charge in [0.25, 0.3) is 17.7 Å². The number of ether oxygens (including phenoxy) is 2. The van der Waals surface area contributed by atoms with Gasteiger partial charge >= 0.3 is 0 Å². The normalized spacial score (nSPS) is 14.5. The van der Waals surface area contributed by atoms with Gasteiger partial charge in [-0.1, -0.05) is 12.1 Å². The molecular formula is C23H18N2O6. The summed E-state index contributed by atoms with van der Waals surface area (Å²) >= 11 is 0. The van der Waals surface area contributed by atoms with Gasteiger partial charge in [-0.05, 0) is 36.4 Å². The summed E-state index contributed by atoms with van der Waals surface area (Å²) in [7, 11) is 0. The lowest BCUT2D eigenvalue weighted by atomic mass is 10.1. The zero-order valence-corrected chi connectivity index (χ0v) is 16.4. The quantitative estimate of drug-likeness (QED) is 0.640. The molecule has 2 aliphatic heterocycles. The van der Waals surface area contributed by atoms with Gasteiger partial charge in [0.2, 0.25) is 0 Å². The first-order valence-corrected chi connectivity index (χ1v) is 9.80. The molecule has 3 aromatic rings. The van der Waals surface area contributed by atoms with E-state index in [1.807, 2.05) is 18.2 Å². The number of nitrogens with one attached hydrogen (secondary N) is 1. The van der Waals surface area contributed by atoms with Gasteiger partial charge < -0.3 is 19.2 Å². The topological polar surface area (TPSA) is 98.1 Å². The lowest BCUT2D eigenvalue weighted by molar-refractivity contribution is 0.0631. The Kier molecular flexibility index (Phi) is 4.66. The second kappa shape index (κ2) is 7.64. The number of hydrogen-bond donors (Lipinski definition) is 1. The zero-order chi connectivity index (χ0) is 21.4. The number of para-hydroxylation sites is 1. The highest BCUT2D eigenvalue weighted by Gasteiger charge is 2.36. The Balaban J connectivity index is 1.32. The SMILES string of the molecule is O=C(NCc1cccc2c1OCCO2)c1ccc2c(c1)C(=O)N(Cc1ccco1)C2=O. The van der Waals surface area contributed by atoms with Crippen LogP contribution in [0.3, 0.4) is 0 Å². The van der Waals surface area contributed by atoms with E-state index < -0.39 is 11.8 Å². The molecule has 0 atom stereocenters. The Hall–Kier alpha value is -4.07. The van der Waals surface area contributed by atoms with Crippen LogP contribution < -0.4 is 14.8 Å². The van der Waals surface area contributed by atoms with Crippen LogP contribution in [0.25, 0.3) is 0 Å². The molecule has 3 amide bonds. The van der Waals surface area contributed by atoms with Gasteiger partial charge in [-0.2, -0.15) is 0 Å². The fourth-order valence-corrected chi connectivity index (χ4v) is 3.68. The molecule has 0 unspecified atom stereocenters. The van der Waals surface area contributed by atoms with E-state index >= 15 is 0 Å². The van der Waals surface area contributed by atoms with E-state index in [-0.39, 0.29) is 30.1 Å². The lowest BCUT2D eigenvalue weighted by Gasteiger charge is -2.21. The molecule has 2 aromatic carbocycles. The maximum Gasteiger partial charge on any atom is 0.261 e. The molecule has 31 heavy (non-hydrogen) atoms. The number of carbonyl (C=O) groups excluding carboxylic acids is 3. The Labute approximate surface area is 177 Å². The van der Waals surface area contributed by atoms with Crippen molar-refractivity contribution in [1.29, 1.82) is 0 Å². The summed E-state index contributed by atoms with van der Waals surface area (Å²) in [6, 6.07) is 13.4. The van der Waals surface area contributed by atoms with E-state index in [1.165, 1.54) is 24.5 Å². The van der Waals surface area contributed by atoms with Crippen molar-refractivity contribution >= 4 is 17.7 Å². The van der Waals surface area contributed by atoms with Crippen LogP contribution in [0.4, 0.5) is 0 Å². The summed E-state index contributed by atoms with van der Waals surface area (Å²) in [5.74, 6) is 0.561. The molecular weight excluding hydrogens is 400 g/mol. The number of carbonyl (C=O) groups is 3. The molecule has 0 spiro atoms. The largest absolute Gasteiger partial charge is 0.486 e. The van der Waals surface area contributed by atoms with Crippen LogP contribution in [-0.2, 0) is 13.1 Å². The molecule has 2 aliphatic rings. The molecule has 1 N–H and O–H groups in total. The van der Waals surface area contributed by atoms with Crippen molar-refractivity contribution in [1.82, 2.24) is 10.2 Å². The van der Waals surface area contributed by atoms with Crippen LogP contribution in [0.2, 0.25) is 0 Å². The molecule has 0 saturated carbocycles. The summed E-state index contributed by atoms with van der Waals surface area (Å²) in [5.41, 5.74) is 1.57. The van der Waals surface area contributed by atoms with E-state index in [9.17, 15) is 14.4 Å². The van der Waals surface area contributed by atoms with Crippen molar-refractivity contribution in [2.24, 2.45) is 0 Å². The summed E-state index contributed by atoms with van der Waals surface area (Å²) < 4.78 is 16.5. The number of rotatable bonds is 5. The Morgan fingerprint density at radius 1 is 0.968 bits per heavy atom. The molecule has 8 heteroatoms. The Morgan fingerprint density at radius 3 is 2.65 bits per heavy atom. The molecule has 1 aromatic heterocycles. The van der Waals surface area contributed by atoms with Crippen molar-refractivity contribution in [3.63, 3.8) is 0 Å². The summed E-state index contributed by atoms with van der Waals surface area (Å²) in [6.45, 7) is 1.22. The predicted molar refractivity (Wildman–Crippen MR) is 108 cm³/mol. The van der Waals surface area contributed by atoms with Crippen LogP contribution >= 0.6 is 0 Å². The van der Waals surface area contributed by atoms with E-state index in [1.54, 1.807) is 12.1 Å². The molecule has 5 rings (SSSR count). The number of nitrogens with zero attached hydrogens (tertiary/aromatic N) is 1. The zero-order valence-electron chi connectivity index (χ0n) is 16.4. The van der Waals surface area contributed by atoms with E-state index in [0.717, 1.165) is 10.5 Å². The Morgan fingerprint density at radius 2 is 1.81 bits per heavy atom. The van der Waals surface area contributed by atoms with Crippen molar-refractivity contribution in [2.45, 2.75) is 13.1 Å². The standard InChI is InChI=1S/C23H18N2O6/c26-21(24-12-15-3-1-5-19-20(15)31-10-9-30-19)14-6-7-17-18(11-14)23(28)25(22(17)27)13-16-4-2-8-29-16/h1-8,11H,9-10,12-13H2,(H,24,26). The summed E-state index contributed by atoms with van der Waals surface area (Å²) in [5, 5.41) is 2.83. The first-order chi connectivity index (χ1) is 15.1. The maximum atomic E-state index is 12.7. The highest BCUT2D eigenvalue weighted by molar-refractivity contribution is 6.22. The third kappa shape index (κ3) is 3.42. The van der Waals surface area contributed by atoms with Crippen LogP contribution in [-0.4, -0.2) is 35.8 Å². The molecule has 3 heterocycles. The van der Waals surface area contributed by atoms with Crippen LogP contribution in [0, 0.1) is 0 Å². The first kappa shape index (κ1) is 18.9. The molecule has 0 aliphatic carbocycles. The fourth-order valence-electron chi connectivity index (χ4n) is 3.68. The monoisotopic (exact) mass is 418 g/mol. The number of fused-ring (bicyclic) bond motifs is 2. The second-order valence-electron chi connectivity index (χ2n) is 7.16. The number of hydrogen-bond acceptors (Lipinski definition) is 6. The number of furan rings is 1. The van der Waals surface area contributed by atoms with E-state index in [0.29, 0.717) is 36.0 Å². The smallest absolute Gasteiger partial charge is 0.261 e. The van der Waals surface area contributed by atoms with Gasteiger partial charge in [-0.3, -0.25) is 19.3 Å². The van der Waals surface area contributed by atoms with Gasteiger partial charge in [0, 0.05) is 17.7 Å². The fraction of sp³-hybridized carbons (Fsp3) is 0.174. The number of benzene rings is 2. The predicted octanol–water partition coefficient (Wildman–Crippen LogP) is 2.78. The first-order valence-electron chi connectivity index (χ1n) is 9.80.